The van der Waals surface area contributed by atoms with Crippen molar-refractivity contribution in [2.45, 2.75) is 19.5 Å². The summed E-state index contributed by atoms with van der Waals surface area (Å²) in [4.78, 5) is 11.8. The Hall–Kier alpha value is -2.15. The summed E-state index contributed by atoms with van der Waals surface area (Å²) in [5.41, 5.74) is 0.523. The number of carbonyl (C=O) groups excluding carboxylic acids is 1. The number of alkyl halides is 2. The lowest BCUT2D eigenvalue weighted by Crippen LogP contribution is -2.12. The first kappa shape index (κ1) is 18.2. The van der Waals surface area contributed by atoms with Crippen molar-refractivity contribution < 1.29 is 23.0 Å². The van der Waals surface area contributed by atoms with Gasteiger partial charge in [-0.25, -0.2) is 0 Å². The number of ether oxygens (including phenoxy) is 2. The van der Waals surface area contributed by atoms with Crippen LogP contribution in [-0.2, 0) is 4.79 Å². The molecule has 0 radical (unpaired) electrons. The highest BCUT2D eigenvalue weighted by Gasteiger charge is 2.06. The topological polar surface area (TPSA) is 47.6 Å². The summed E-state index contributed by atoms with van der Waals surface area (Å²) >= 11 is 3.35. The number of amides is 1. The number of hydrogen-bond donors (Lipinski definition) is 1. The summed E-state index contributed by atoms with van der Waals surface area (Å²) in [6, 6.07) is 13.2. The molecule has 0 heterocycles. The van der Waals surface area contributed by atoms with Crippen molar-refractivity contribution in [3.63, 3.8) is 0 Å². The molecule has 4 nitrogen and oxygen atoms in total. The van der Waals surface area contributed by atoms with Crippen LogP contribution in [0.2, 0.25) is 0 Å². The minimum atomic E-state index is -2.87. The molecule has 2 aromatic carbocycles. The Balaban J connectivity index is 1.69. The third-order valence-electron chi connectivity index (χ3n) is 2.98. The highest BCUT2D eigenvalue weighted by Crippen LogP contribution is 2.19. The SMILES string of the molecule is O=C(CCCOc1cccc(Br)c1)Nc1ccc(OC(F)F)cc1. The molecule has 24 heavy (non-hydrogen) atoms. The highest BCUT2D eigenvalue weighted by atomic mass is 79.9. The second-order valence-corrected chi connectivity index (χ2v) is 5.78. The number of anilines is 1. The Kier molecular flexibility index (Phi) is 6.99. The molecule has 0 aliphatic heterocycles. The third-order valence-corrected chi connectivity index (χ3v) is 3.47. The molecule has 0 spiro atoms. The van der Waals surface area contributed by atoms with Gasteiger partial charge in [-0.2, -0.15) is 8.78 Å². The first-order valence-corrected chi connectivity index (χ1v) is 8.05. The Morgan fingerprint density at radius 3 is 2.54 bits per heavy atom. The number of rotatable bonds is 8. The van der Waals surface area contributed by atoms with Crippen molar-refractivity contribution in [1.82, 2.24) is 0 Å². The largest absolute Gasteiger partial charge is 0.494 e. The first-order valence-electron chi connectivity index (χ1n) is 7.26. The zero-order valence-electron chi connectivity index (χ0n) is 12.7. The minimum absolute atomic E-state index is 0.0467. The van der Waals surface area contributed by atoms with Crippen molar-refractivity contribution in [3.05, 3.63) is 53.0 Å². The van der Waals surface area contributed by atoms with E-state index < -0.39 is 6.61 Å². The molecule has 0 aliphatic carbocycles. The molecule has 128 valence electrons. The van der Waals surface area contributed by atoms with E-state index in [1.165, 1.54) is 24.3 Å². The van der Waals surface area contributed by atoms with E-state index in [1.54, 1.807) is 0 Å². The van der Waals surface area contributed by atoms with Gasteiger partial charge in [0.1, 0.15) is 11.5 Å². The number of nitrogens with one attached hydrogen (secondary N) is 1. The van der Waals surface area contributed by atoms with Gasteiger partial charge in [0.25, 0.3) is 0 Å². The number of carbonyl (C=O) groups is 1. The summed E-state index contributed by atoms with van der Waals surface area (Å²) in [6.45, 7) is -2.44. The van der Waals surface area contributed by atoms with Crippen LogP contribution < -0.4 is 14.8 Å². The summed E-state index contributed by atoms with van der Waals surface area (Å²) in [5.74, 6) is 0.611. The Bertz CT molecular complexity index is 665. The monoisotopic (exact) mass is 399 g/mol. The van der Waals surface area contributed by atoms with E-state index in [0.29, 0.717) is 25.1 Å². The lowest BCUT2D eigenvalue weighted by Gasteiger charge is -2.08. The predicted molar refractivity (Wildman–Crippen MR) is 90.6 cm³/mol. The van der Waals surface area contributed by atoms with Crippen LogP contribution in [-0.4, -0.2) is 19.1 Å². The summed E-state index contributed by atoms with van der Waals surface area (Å²) < 4.78 is 34.8. The maximum Gasteiger partial charge on any atom is 0.387 e. The molecule has 0 unspecified atom stereocenters. The molecule has 0 aliphatic rings. The van der Waals surface area contributed by atoms with Crippen LogP contribution >= 0.6 is 15.9 Å². The van der Waals surface area contributed by atoms with Gasteiger partial charge in [-0.15, -0.1) is 0 Å². The maximum absolute atomic E-state index is 12.0. The number of halogens is 3. The average Bonchev–Trinajstić information content (AvgIpc) is 2.53. The quantitative estimate of drug-likeness (QED) is 0.645. The molecule has 7 heteroatoms. The fourth-order valence-electron chi connectivity index (χ4n) is 1.92. The third kappa shape index (κ3) is 6.54. The van der Waals surface area contributed by atoms with E-state index in [0.717, 1.165) is 10.2 Å². The number of hydrogen-bond acceptors (Lipinski definition) is 3. The fraction of sp³-hybridized carbons (Fsp3) is 0.235. The van der Waals surface area contributed by atoms with Crippen molar-refractivity contribution >= 4 is 27.5 Å². The van der Waals surface area contributed by atoms with Crippen molar-refractivity contribution in [2.75, 3.05) is 11.9 Å². The van der Waals surface area contributed by atoms with E-state index in [1.807, 2.05) is 24.3 Å². The van der Waals surface area contributed by atoms with Crippen LogP contribution in [0.5, 0.6) is 11.5 Å². The Morgan fingerprint density at radius 1 is 1.12 bits per heavy atom. The van der Waals surface area contributed by atoms with E-state index in [9.17, 15) is 13.6 Å². The predicted octanol–water partition coefficient (Wildman–Crippen LogP) is 4.85. The van der Waals surface area contributed by atoms with Crippen LogP contribution in [0.25, 0.3) is 0 Å². The summed E-state index contributed by atoms with van der Waals surface area (Å²) in [6.07, 6.45) is 0.855. The first-order chi connectivity index (χ1) is 11.5. The molecule has 0 aromatic heterocycles. The van der Waals surface area contributed by atoms with Crippen LogP contribution in [0.3, 0.4) is 0 Å². The summed E-state index contributed by atoms with van der Waals surface area (Å²) in [5, 5.41) is 2.69. The Morgan fingerprint density at radius 2 is 1.88 bits per heavy atom. The molecule has 0 bridgehead atoms. The lowest BCUT2D eigenvalue weighted by atomic mass is 10.2. The van der Waals surface area contributed by atoms with Gasteiger partial charge in [-0.05, 0) is 48.9 Å². The van der Waals surface area contributed by atoms with Crippen LogP contribution in [0.1, 0.15) is 12.8 Å². The molecule has 1 amide bonds. The molecule has 0 saturated heterocycles. The summed E-state index contributed by atoms with van der Waals surface area (Å²) in [7, 11) is 0. The number of benzene rings is 2. The molecule has 0 saturated carbocycles. The molecular formula is C17H16BrF2NO3. The van der Waals surface area contributed by atoms with Gasteiger partial charge in [0.2, 0.25) is 5.91 Å². The van der Waals surface area contributed by atoms with Gasteiger partial charge in [-0.1, -0.05) is 22.0 Å². The normalized spacial score (nSPS) is 10.5. The van der Waals surface area contributed by atoms with Gasteiger partial charge in [0, 0.05) is 16.6 Å². The molecule has 1 N–H and O–H groups in total. The van der Waals surface area contributed by atoms with Gasteiger partial charge < -0.3 is 14.8 Å². The van der Waals surface area contributed by atoms with E-state index in [4.69, 9.17) is 4.74 Å². The molecule has 2 aromatic rings. The second kappa shape index (κ2) is 9.22. The van der Waals surface area contributed by atoms with Crippen LogP contribution in [0.15, 0.2) is 53.0 Å². The van der Waals surface area contributed by atoms with Gasteiger partial charge in [0.05, 0.1) is 6.61 Å². The van der Waals surface area contributed by atoms with Crippen molar-refractivity contribution in [3.8, 4) is 11.5 Å². The van der Waals surface area contributed by atoms with Gasteiger partial charge in [0.15, 0.2) is 0 Å². The molecule has 2 rings (SSSR count). The highest BCUT2D eigenvalue weighted by molar-refractivity contribution is 9.10. The molecule has 0 atom stereocenters. The Labute approximate surface area is 146 Å². The zero-order chi connectivity index (χ0) is 17.4. The van der Waals surface area contributed by atoms with E-state index >= 15 is 0 Å². The molecule has 0 fully saturated rings. The molecular weight excluding hydrogens is 384 g/mol. The van der Waals surface area contributed by atoms with Gasteiger partial charge in [-0.3, -0.25) is 4.79 Å². The zero-order valence-corrected chi connectivity index (χ0v) is 14.3. The second-order valence-electron chi connectivity index (χ2n) is 4.86. The van der Waals surface area contributed by atoms with E-state index in [2.05, 4.69) is 26.0 Å². The van der Waals surface area contributed by atoms with Crippen LogP contribution in [0, 0.1) is 0 Å². The lowest BCUT2D eigenvalue weighted by molar-refractivity contribution is -0.116. The minimum Gasteiger partial charge on any atom is -0.494 e. The van der Waals surface area contributed by atoms with Crippen LogP contribution in [0.4, 0.5) is 14.5 Å². The standard InChI is InChI=1S/C17H16BrF2NO3/c18-12-3-1-4-15(11-12)23-10-2-5-16(22)21-13-6-8-14(9-7-13)24-17(19)20/h1,3-4,6-9,11,17H,2,5,10H2,(H,21,22). The van der Waals surface area contributed by atoms with Crippen molar-refractivity contribution in [1.29, 1.82) is 0 Å². The smallest absolute Gasteiger partial charge is 0.387 e. The average molecular weight is 400 g/mol. The van der Waals surface area contributed by atoms with Crippen molar-refractivity contribution in [2.24, 2.45) is 0 Å². The maximum atomic E-state index is 12.0. The van der Waals surface area contributed by atoms with E-state index in [-0.39, 0.29) is 11.7 Å². The van der Waals surface area contributed by atoms with Gasteiger partial charge >= 0.3 is 6.61 Å². The fourth-order valence-corrected chi connectivity index (χ4v) is 2.30.